The third-order valence-electron chi connectivity index (χ3n) is 2.67. The van der Waals surface area contributed by atoms with Crippen LogP contribution in [0.2, 0.25) is 0 Å². The number of hydrogen-bond donors (Lipinski definition) is 2. The second-order valence-electron chi connectivity index (χ2n) is 3.98. The van der Waals surface area contributed by atoms with Crippen LogP contribution >= 0.6 is 11.3 Å². The first-order valence-electron chi connectivity index (χ1n) is 5.37. The molecular weight excluding hydrogens is 240 g/mol. The van der Waals surface area contributed by atoms with E-state index in [1.807, 2.05) is 12.3 Å². The number of nitrogens with one attached hydrogen (secondary N) is 1. The van der Waals surface area contributed by atoms with Crippen molar-refractivity contribution in [2.45, 2.75) is 25.8 Å². The number of urea groups is 1. The molecule has 17 heavy (non-hydrogen) atoms. The number of rotatable bonds is 2. The van der Waals surface area contributed by atoms with Crippen LogP contribution in [-0.2, 0) is 4.79 Å². The minimum absolute atomic E-state index is 0.305. The molecule has 92 valence electrons. The summed E-state index contributed by atoms with van der Waals surface area (Å²) >= 11 is 1.36. The molecular formula is C10H14N4O2S. The van der Waals surface area contributed by atoms with Gasteiger partial charge in [0.05, 0.1) is 5.69 Å². The predicted octanol–water partition coefficient (Wildman–Crippen LogP) is 0.933. The number of thiazole rings is 1. The molecule has 0 aliphatic carbocycles. The fourth-order valence-electron chi connectivity index (χ4n) is 1.88. The standard InChI is InChI=1S/C10H14N4O2S/c1-6-5-17-9(12-6)13-10(16)14-4-2-3-7(14)8(11)15/h5,7H,2-4H2,1H3,(H2,11,15)(H,12,13,16)/t7-/m0/s1. The van der Waals surface area contributed by atoms with E-state index >= 15 is 0 Å². The largest absolute Gasteiger partial charge is 0.368 e. The van der Waals surface area contributed by atoms with Crippen molar-refractivity contribution in [3.05, 3.63) is 11.1 Å². The molecule has 0 spiro atoms. The lowest BCUT2D eigenvalue weighted by Crippen LogP contribution is -2.45. The Balaban J connectivity index is 2.02. The summed E-state index contributed by atoms with van der Waals surface area (Å²) in [5.74, 6) is -0.451. The number of primary amides is 1. The van der Waals surface area contributed by atoms with Crippen LogP contribution in [0, 0.1) is 6.92 Å². The van der Waals surface area contributed by atoms with E-state index in [1.165, 1.54) is 16.2 Å². The summed E-state index contributed by atoms with van der Waals surface area (Å²) < 4.78 is 0. The number of amides is 3. The van der Waals surface area contributed by atoms with Gasteiger partial charge < -0.3 is 10.6 Å². The van der Waals surface area contributed by atoms with E-state index in [2.05, 4.69) is 10.3 Å². The van der Waals surface area contributed by atoms with Gasteiger partial charge in [-0.15, -0.1) is 11.3 Å². The Hall–Kier alpha value is -1.63. The molecule has 3 amide bonds. The summed E-state index contributed by atoms with van der Waals surface area (Å²) in [5, 5.41) is 5.07. The third kappa shape index (κ3) is 2.55. The van der Waals surface area contributed by atoms with Crippen molar-refractivity contribution in [3.63, 3.8) is 0 Å². The minimum Gasteiger partial charge on any atom is -0.368 e. The Bertz CT molecular complexity index is 445. The molecule has 1 saturated heterocycles. The zero-order chi connectivity index (χ0) is 12.4. The maximum absolute atomic E-state index is 11.9. The fraction of sp³-hybridized carbons (Fsp3) is 0.500. The van der Waals surface area contributed by atoms with Crippen LogP contribution in [-0.4, -0.2) is 34.4 Å². The smallest absolute Gasteiger partial charge is 0.324 e. The number of carbonyl (C=O) groups excluding carboxylic acids is 2. The number of aryl methyl sites for hydroxylation is 1. The van der Waals surface area contributed by atoms with Crippen LogP contribution < -0.4 is 11.1 Å². The van der Waals surface area contributed by atoms with Gasteiger partial charge in [0.25, 0.3) is 0 Å². The maximum Gasteiger partial charge on any atom is 0.324 e. The summed E-state index contributed by atoms with van der Waals surface area (Å²) in [4.78, 5) is 28.7. The first-order valence-corrected chi connectivity index (χ1v) is 6.25. The molecule has 1 aliphatic rings. The molecule has 0 aromatic carbocycles. The topological polar surface area (TPSA) is 88.3 Å². The number of aromatic nitrogens is 1. The van der Waals surface area contributed by atoms with E-state index < -0.39 is 11.9 Å². The Labute approximate surface area is 103 Å². The molecule has 1 aromatic heterocycles. The van der Waals surface area contributed by atoms with Crippen molar-refractivity contribution >= 4 is 28.4 Å². The van der Waals surface area contributed by atoms with Gasteiger partial charge in [-0.05, 0) is 19.8 Å². The van der Waals surface area contributed by atoms with Gasteiger partial charge in [0, 0.05) is 11.9 Å². The van der Waals surface area contributed by atoms with Crippen molar-refractivity contribution in [3.8, 4) is 0 Å². The molecule has 3 N–H and O–H groups in total. The number of nitrogens with zero attached hydrogens (tertiary/aromatic N) is 2. The molecule has 7 heteroatoms. The van der Waals surface area contributed by atoms with Crippen molar-refractivity contribution in [2.24, 2.45) is 5.73 Å². The maximum atomic E-state index is 11.9. The molecule has 6 nitrogen and oxygen atoms in total. The van der Waals surface area contributed by atoms with E-state index in [9.17, 15) is 9.59 Å². The monoisotopic (exact) mass is 254 g/mol. The number of nitrogens with two attached hydrogens (primary N) is 1. The quantitative estimate of drug-likeness (QED) is 0.823. The normalized spacial score (nSPS) is 19.4. The zero-order valence-corrected chi connectivity index (χ0v) is 10.3. The summed E-state index contributed by atoms with van der Waals surface area (Å²) in [6.45, 7) is 2.41. The lowest BCUT2D eigenvalue weighted by atomic mass is 10.2. The van der Waals surface area contributed by atoms with Gasteiger partial charge in [-0.3, -0.25) is 10.1 Å². The Morgan fingerprint density at radius 3 is 3.00 bits per heavy atom. The van der Waals surface area contributed by atoms with Crippen molar-refractivity contribution in [1.29, 1.82) is 0 Å². The van der Waals surface area contributed by atoms with Crippen molar-refractivity contribution < 1.29 is 9.59 Å². The van der Waals surface area contributed by atoms with E-state index in [0.29, 0.717) is 18.1 Å². The lowest BCUT2D eigenvalue weighted by Gasteiger charge is -2.21. The van der Waals surface area contributed by atoms with Gasteiger partial charge in [0.15, 0.2) is 5.13 Å². The second kappa shape index (κ2) is 4.70. The summed E-state index contributed by atoms with van der Waals surface area (Å²) in [6, 6.07) is -0.795. The molecule has 2 rings (SSSR count). The summed E-state index contributed by atoms with van der Waals surface area (Å²) in [5.41, 5.74) is 6.11. The molecule has 1 atom stereocenters. The van der Waals surface area contributed by atoms with Crippen LogP contribution in [0.3, 0.4) is 0 Å². The lowest BCUT2D eigenvalue weighted by molar-refractivity contribution is -0.121. The van der Waals surface area contributed by atoms with Crippen LogP contribution in [0.15, 0.2) is 5.38 Å². The van der Waals surface area contributed by atoms with Gasteiger partial charge in [0.2, 0.25) is 5.91 Å². The Morgan fingerprint density at radius 2 is 2.41 bits per heavy atom. The van der Waals surface area contributed by atoms with Gasteiger partial charge in [-0.1, -0.05) is 0 Å². The molecule has 0 bridgehead atoms. The molecule has 1 fully saturated rings. The molecule has 2 heterocycles. The van der Waals surface area contributed by atoms with Crippen LogP contribution in [0.5, 0.6) is 0 Å². The number of hydrogen-bond acceptors (Lipinski definition) is 4. The van der Waals surface area contributed by atoms with E-state index in [4.69, 9.17) is 5.73 Å². The predicted molar refractivity (Wildman–Crippen MR) is 64.8 cm³/mol. The highest BCUT2D eigenvalue weighted by Gasteiger charge is 2.32. The SMILES string of the molecule is Cc1csc(NC(=O)N2CCC[C@H]2C(N)=O)n1. The molecule has 1 aliphatic heterocycles. The Kier molecular flexibility index (Phi) is 3.28. The summed E-state index contributed by atoms with van der Waals surface area (Å²) in [6.07, 6.45) is 1.44. The number of carbonyl (C=O) groups is 2. The summed E-state index contributed by atoms with van der Waals surface area (Å²) in [7, 11) is 0. The molecule has 0 radical (unpaired) electrons. The third-order valence-corrected chi connectivity index (χ3v) is 3.55. The van der Waals surface area contributed by atoms with E-state index in [0.717, 1.165) is 12.1 Å². The first-order chi connectivity index (χ1) is 8.08. The van der Waals surface area contributed by atoms with Gasteiger partial charge in [-0.25, -0.2) is 9.78 Å². The van der Waals surface area contributed by atoms with Crippen molar-refractivity contribution in [1.82, 2.24) is 9.88 Å². The van der Waals surface area contributed by atoms with Gasteiger partial charge in [-0.2, -0.15) is 0 Å². The van der Waals surface area contributed by atoms with Crippen molar-refractivity contribution in [2.75, 3.05) is 11.9 Å². The average molecular weight is 254 g/mol. The average Bonchev–Trinajstić information content (AvgIpc) is 2.86. The number of anilines is 1. The minimum atomic E-state index is -0.490. The van der Waals surface area contributed by atoms with Crippen LogP contribution in [0.25, 0.3) is 0 Å². The highest BCUT2D eigenvalue weighted by Crippen LogP contribution is 2.20. The van der Waals surface area contributed by atoms with Gasteiger partial charge in [0.1, 0.15) is 6.04 Å². The molecule has 0 unspecified atom stereocenters. The van der Waals surface area contributed by atoms with Crippen LogP contribution in [0.1, 0.15) is 18.5 Å². The van der Waals surface area contributed by atoms with E-state index in [-0.39, 0.29) is 6.03 Å². The highest BCUT2D eigenvalue weighted by molar-refractivity contribution is 7.13. The zero-order valence-electron chi connectivity index (χ0n) is 9.47. The Morgan fingerprint density at radius 1 is 1.65 bits per heavy atom. The van der Waals surface area contributed by atoms with Gasteiger partial charge >= 0.3 is 6.03 Å². The number of likely N-dealkylation sites (tertiary alicyclic amines) is 1. The highest BCUT2D eigenvalue weighted by atomic mass is 32.1. The fourth-order valence-corrected chi connectivity index (χ4v) is 2.56. The van der Waals surface area contributed by atoms with E-state index in [1.54, 1.807) is 0 Å². The first kappa shape index (κ1) is 11.8. The van der Waals surface area contributed by atoms with Crippen LogP contribution in [0.4, 0.5) is 9.93 Å². The molecule has 0 saturated carbocycles. The molecule has 1 aromatic rings. The second-order valence-corrected chi connectivity index (χ2v) is 4.84.